The monoisotopic (exact) mass is 226 g/mol. The quantitative estimate of drug-likeness (QED) is 0.695. The molecule has 1 aromatic carbocycles. The average molecular weight is 227 g/mol. The zero-order chi connectivity index (χ0) is 11.4. The van der Waals surface area contributed by atoms with Crippen LogP contribution in [0.2, 0.25) is 0 Å². The summed E-state index contributed by atoms with van der Waals surface area (Å²) in [6.45, 7) is 6.39. The zero-order valence-corrected chi connectivity index (χ0v) is 10.6. The fourth-order valence-corrected chi connectivity index (χ4v) is 1.93. The van der Waals surface area contributed by atoms with Crippen LogP contribution in [0.1, 0.15) is 36.8 Å². The van der Waals surface area contributed by atoms with Crippen LogP contribution < -0.4 is 4.74 Å². The van der Waals surface area contributed by atoms with Gasteiger partial charge in [0.1, 0.15) is 5.75 Å². The third-order valence-corrected chi connectivity index (χ3v) is 3.49. The van der Waals surface area contributed by atoms with Crippen LogP contribution in [0.3, 0.4) is 0 Å². The number of methoxy groups -OCH3 is 1. The van der Waals surface area contributed by atoms with Gasteiger partial charge >= 0.3 is 0 Å². The average Bonchev–Trinajstić information content (AvgIpc) is 2.27. The van der Waals surface area contributed by atoms with Gasteiger partial charge in [0.15, 0.2) is 0 Å². The summed E-state index contributed by atoms with van der Waals surface area (Å²) in [6, 6.07) is 6.15. The van der Waals surface area contributed by atoms with E-state index in [1.165, 1.54) is 5.56 Å². The molecule has 0 fully saturated rings. The van der Waals surface area contributed by atoms with Gasteiger partial charge in [-0.25, -0.2) is 0 Å². The summed E-state index contributed by atoms with van der Waals surface area (Å²) >= 11 is 6.43. The minimum atomic E-state index is 0.0323. The molecule has 0 radical (unpaired) electrons. The standard InChI is InChI=1S/C13H19ClO/c1-5-10(3)13(14)11-8-9(2)6-7-12(11)15-4/h6-8,10,13H,5H2,1-4H3. The Balaban J connectivity index is 3.05. The minimum Gasteiger partial charge on any atom is -0.496 e. The maximum absolute atomic E-state index is 6.43. The molecule has 0 aromatic heterocycles. The van der Waals surface area contributed by atoms with Crippen molar-refractivity contribution in [3.8, 4) is 5.75 Å². The SMILES string of the molecule is CCC(C)C(Cl)c1cc(C)ccc1OC. The lowest BCUT2D eigenvalue weighted by Gasteiger charge is -2.19. The molecule has 0 aliphatic carbocycles. The summed E-state index contributed by atoms with van der Waals surface area (Å²) in [6.07, 6.45) is 1.07. The number of benzene rings is 1. The van der Waals surface area contributed by atoms with Crippen LogP contribution in [0.15, 0.2) is 18.2 Å². The summed E-state index contributed by atoms with van der Waals surface area (Å²) < 4.78 is 5.33. The van der Waals surface area contributed by atoms with E-state index in [0.29, 0.717) is 5.92 Å². The summed E-state index contributed by atoms with van der Waals surface area (Å²) in [5.41, 5.74) is 2.33. The van der Waals surface area contributed by atoms with E-state index in [-0.39, 0.29) is 5.38 Å². The van der Waals surface area contributed by atoms with Crippen molar-refractivity contribution in [2.24, 2.45) is 5.92 Å². The first-order valence-electron chi connectivity index (χ1n) is 5.38. The van der Waals surface area contributed by atoms with E-state index in [4.69, 9.17) is 16.3 Å². The number of ether oxygens (including phenoxy) is 1. The number of halogens is 1. The van der Waals surface area contributed by atoms with E-state index in [9.17, 15) is 0 Å². The molecule has 1 aromatic rings. The fourth-order valence-electron chi connectivity index (χ4n) is 1.58. The number of aryl methyl sites for hydroxylation is 1. The largest absolute Gasteiger partial charge is 0.496 e. The third-order valence-electron chi connectivity index (χ3n) is 2.83. The Kier molecular flexibility index (Phi) is 4.46. The molecule has 0 saturated heterocycles. The van der Waals surface area contributed by atoms with Crippen LogP contribution in [-0.4, -0.2) is 7.11 Å². The molecule has 2 atom stereocenters. The normalized spacial score (nSPS) is 14.7. The highest BCUT2D eigenvalue weighted by Gasteiger charge is 2.18. The number of hydrogen-bond donors (Lipinski definition) is 0. The first kappa shape index (κ1) is 12.4. The molecule has 1 rings (SSSR count). The molecular weight excluding hydrogens is 208 g/mol. The van der Waals surface area contributed by atoms with Gasteiger partial charge in [0, 0.05) is 5.56 Å². The van der Waals surface area contributed by atoms with Crippen LogP contribution in [0.4, 0.5) is 0 Å². The molecule has 84 valence electrons. The second kappa shape index (κ2) is 5.41. The lowest BCUT2D eigenvalue weighted by Crippen LogP contribution is -2.04. The topological polar surface area (TPSA) is 9.23 Å². The van der Waals surface area contributed by atoms with Crippen molar-refractivity contribution >= 4 is 11.6 Å². The van der Waals surface area contributed by atoms with Gasteiger partial charge in [-0.2, -0.15) is 0 Å². The van der Waals surface area contributed by atoms with Crippen molar-refractivity contribution < 1.29 is 4.74 Å². The molecule has 15 heavy (non-hydrogen) atoms. The molecule has 0 N–H and O–H groups in total. The summed E-state index contributed by atoms with van der Waals surface area (Å²) in [5.74, 6) is 1.35. The van der Waals surface area contributed by atoms with Gasteiger partial charge in [-0.05, 0) is 18.9 Å². The molecule has 0 spiro atoms. The molecule has 1 nitrogen and oxygen atoms in total. The molecule has 2 unspecified atom stereocenters. The highest BCUT2D eigenvalue weighted by Crippen LogP contribution is 2.36. The molecule has 0 aliphatic rings. The zero-order valence-electron chi connectivity index (χ0n) is 9.88. The van der Waals surface area contributed by atoms with Crippen molar-refractivity contribution in [1.29, 1.82) is 0 Å². The smallest absolute Gasteiger partial charge is 0.123 e. The van der Waals surface area contributed by atoms with E-state index in [1.54, 1.807) is 7.11 Å². The second-order valence-corrected chi connectivity index (χ2v) is 4.50. The Hall–Kier alpha value is -0.690. The molecule has 0 bridgehead atoms. The Morgan fingerprint density at radius 3 is 2.60 bits per heavy atom. The molecule has 0 aliphatic heterocycles. The van der Waals surface area contributed by atoms with Crippen LogP contribution in [0, 0.1) is 12.8 Å². The Morgan fingerprint density at radius 1 is 1.40 bits per heavy atom. The van der Waals surface area contributed by atoms with Crippen LogP contribution >= 0.6 is 11.6 Å². The molecule has 0 saturated carbocycles. The molecule has 0 heterocycles. The minimum absolute atomic E-state index is 0.0323. The predicted molar refractivity (Wildman–Crippen MR) is 65.8 cm³/mol. The second-order valence-electron chi connectivity index (χ2n) is 4.03. The van der Waals surface area contributed by atoms with Gasteiger partial charge in [0.2, 0.25) is 0 Å². The van der Waals surface area contributed by atoms with E-state index in [0.717, 1.165) is 17.7 Å². The summed E-state index contributed by atoms with van der Waals surface area (Å²) in [5, 5.41) is 0.0323. The van der Waals surface area contributed by atoms with Crippen molar-refractivity contribution in [2.45, 2.75) is 32.6 Å². The maximum Gasteiger partial charge on any atom is 0.123 e. The van der Waals surface area contributed by atoms with Gasteiger partial charge in [0.25, 0.3) is 0 Å². The Bertz CT molecular complexity index is 322. The lowest BCUT2D eigenvalue weighted by molar-refractivity contribution is 0.403. The van der Waals surface area contributed by atoms with Crippen LogP contribution in [-0.2, 0) is 0 Å². The third kappa shape index (κ3) is 2.88. The van der Waals surface area contributed by atoms with Gasteiger partial charge in [-0.1, -0.05) is 38.0 Å². The summed E-state index contributed by atoms with van der Waals surface area (Å²) in [4.78, 5) is 0. The van der Waals surface area contributed by atoms with E-state index >= 15 is 0 Å². The van der Waals surface area contributed by atoms with Gasteiger partial charge in [0.05, 0.1) is 12.5 Å². The van der Waals surface area contributed by atoms with Crippen molar-refractivity contribution in [2.75, 3.05) is 7.11 Å². The molecule has 0 amide bonds. The first-order chi connectivity index (χ1) is 7.10. The van der Waals surface area contributed by atoms with E-state index in [2.05, 4.69) is 26.8 Å². The van der Waals surface area contributed by atoms with E-state index < -0.39 is 0 Å². The first-order valence-corrected chi connectivity index (χ1v) is 5.82. The Labute approximate surface area is 97.4 Å². The molecular formula is C13H19ClO. The highest BCUT2D eigenvalue weighted by molar-refractivity contribution is 6.21. The number of alkyl halides is 1. The van der Waals surface area contributed by atoms with Gasteiger partial charge in [-0.3, -0.25) is 0 Å². The van der Waals surface area contributed by atoms with Gasteiger partial charge in [-0.15, -0.1) is 11.6 Å². The van der Waals surface area contributed by atoms with Crippen molar-refractivity contribution in [3.63, 3.8) is 0 Å². The highest BCUT2D eigenvalue weighted by atomic mass is 35.5. The predicted octanol–water partition coefficient (Wildman–Crippen LogP) is 4.33. The lowest BCUT2D eigenvalue weighted by atomic mass is 9.96. The summed E-state index contributed by atoms with van der Waals surface area (Å²) in [7, 11) is 1.69. The number of hydrogen-bond acceptors (Lipinski definition) is 1. The fraction of sp³-hybridized carbons (Fsp3) is 0.538. The van der Waals surface area contributed by atoms with Crippen LogP contribution in [0.25, 0.3) is 0 Å². The Morgan fingerprint density at radius 2 is 2.07 bits per heavy atom. The maximum atomic E-state index is 6.43. The number of rotatable bonds is 4. The van der Waals surface area contributed by atoms with Crippen molar-refractivity contribution in [3.05, 3.63) is 29.3 Å². The van der Waals surface area contributed by atoms with E-state index in [1.807, 2.05) is 12.1 Å². The van der Waals surface area contributed by atoms with Gasteiger partial charge < -0.3 is 4.74 Å². The molecule has 2 heteroatoms. The van der Waals surface area contributed by atoms with Crippen LogP contribution in [0.5, 0.6) is 5.75 Å². The van der Waals surface area contributed by atoms with Crippen molar-refractivity contribution in [1.82, 2.24) is 0 Å².